The van der Waals surface area contributed by atoms with Gasteiger partial charge in [-0.2, -0.15) is 0 Å². The third-order valence-electron chi connectivity index (χ3n) is 2.71. The van der Waals surface area contributed by atoms with E-state index < -0.39 is 0 Å². The first-order valence-electron chi connectivity index (χ1n) is 5.77. The van der Waals surface area contributed by atoms with Gasteiger partial charge in [0, 0.05) is 12.4 Å². The molecule has 0 unspecified atom stereocenters. The zero-order valence-corrected chi connectivity index (χ0v) is 9.67. The van der Waals surface area contributed by atoms with Gasteiger partial charge in [-0.25, -0.2) is 21.7 Å². The molecule has 2 aromatic heterocycles. The summed E-state index contributed by atoms with van der Waals surface area (Å²) in [5, 5.41) is 0. The zero-order valence-electron chi connectivity index (χ0n) is 9.67. The molecule has 6 nitrogen and oxygen atoms in total. The van der Waals surface area contributed by atoms with Crippen LogP contribution < -0.4 is 21.7 Å². The van der Waals surface area contributed by atoms with Crippen LogP contribution in [0.15, 0.2) is 48.8 Å². The Labute approximate surface area is 105 Å². The van der Waals surface area contributed by atoms with Crippen LogP contribution in [0.4, 0.5) is 0 Å². The van der Waals surface area contributed by atoms with Crippen LogP contribution in [-0.4, -0.2) is 9.97 Å². The number of hydrazine groups is 2. The minimum absolute atomic E-state index is 0.0776. The lowest BCUT2D eigenvalue weighted by atomic mass is 10.3. The van der Waals surface area contributed by atoms with Crippen LogP contribution in [0.2, 0.25) is 0 Å². The zero-order chi connectivity index (χ0) is 12.2. The lowest BCUT2D eigenvalue weighted by molar-refractivity contribution is 0.188. The van der Waals surface area contributed by atoms with Gasteiger partial charge in [-0.1, -0.05) is 12.1 Å². The highest BCUT2D eigenvalue weighted by molar-refractivity contribution is 5.11. The normalized spacial score (nSPS) is 23.8. The van der Waals surface area contributed by atoms with Crippen LogP contribution in [0.1, 0.15) is 23.7 Å². The van der Waals surface area contributed by atoms with Gasteiger partial charge in [0.05, 0.1) is 11.4 Å². The van der Waals surface area contributed by atoms with Crippen molar-refractivity contribution in [1.29, 1.82) is 0 Å². The molecule has 0 spiro atoms. The van der Waals surface area contributed by atoms with Crippen LogP contribution >= 0.6 is 0 Å². The Morgan fingerprint density at radius 3 is 1.44 bits per heavy atom. The maximum Gasteiger partial charge on any atom is 0.126 e. The summed E-state index contributed by atoms with van der Waals surface area (Å²) in [6, 6.07) is 11.6. The summed E-state index contributed by atoms with van der Waals surface area (Å²) in [5.74, 6) is 0. The van der Waals surface area contributed by atoms with E-state index >= 15 is 0 Å². The number of nitrogens with one attached hydrogen (secondary N) is 4. The largest absolute Gasteiger partial charge is 0.258 e. The number of hydrogen-bond donors (Lipinski definition) is 4. The molecule has 0 aliphatic carbocycles. The van der Waals surface area contributed by atoms with E-state index in [1.54, 1.807) is 12.4 Å². The van der Waals surface area contributed by atoms with Crippen LogP contribution in [-0.2, 0) is 0 Å². The molecule has 6 heteroatoms. The Morgan fingerprint density at radius 2 is 1.11 bits per heavy atom. The molecule has 18 heavy (non-hydrogen) atoms. The molecule has 3 rings (SSSR count). The van der Waals surface area contributed by atoms with E-state index in [0.717, 1.165) is 11.4 Å². The minimum Gasteiger partial charge on any atom is -0.258 e. The van der Waals surface area contributed by atoms with E-state index in [-0.39, 0.29) is 12.3 Å². The molecule has 2 aromatic rings. The van der Waals surface area contributed by atoms with Crippen LogP contribution in [0, 0.1) is 0 Å². The molecule has 1 fully saturated rings. The van der Waals surface area contributed by atoms with Gasteiger partial charge >= 0.3 is 0 Å². The van der Waals surface area contributed by atoms with Crippen molar-refractivity contribution >= 4 is 0 Å². The lowest BCUT2D eigenvalue weighted by Crippen LogP contribution is -2.60. The second-order valence-electron chi connectivity index (χ2n) is 3.95. The van der Waals surface area contributed by atoms with Gasteiger partial charge in [-0.05, 0) is 24.3 Å². The minimum atomic E-state index is -0.0776. The highest BCUT2D eigenvalue weighted by Crippen LogP contribution is 2.11. The molecule has 1 aliphatic rings. The number of nitrogens with zero attached hydrogens (tertiary/aromatic N) is 2. The van der Waals surface area contributed by atoms with Gasteiger partial charge in [-0.15, -0.1) is 0 Å². The number of hydrogen-bond acceptors (Lipinski definition) is 6. The van der Waals surface area contributed by atoms with E-state index in [0.29, 0.717) is 0 Å². The molecule has 0 atom stereocenters. The van der Waals surface area contributed by atoms with Crippen LogP contribution in [0.25, 0.3) is 0 Å². The highest BCUT2D eigenvalue weighted by Gasteiger charge is 2.22. The molecule has 1 saturated heterocycles. The van der Waals surface area contributed by atoms with Gasteiger partial charge in [0.2, 0.25) is 0 Å². The predicted molar refractivity (Wildman–Crippen MR) is 66.5 cm³/mol. The molecule has 0 aromatic carbocycles. The first-order chi connectivity index (χ1) is 8.93. The first kappa shape index (κ1) is 11.2. The molecule has 92 valence electrons. The summed E-state index contributed by atoms with van der Waals surface area (Å²) < 4.78 is 0. The first-order valence-corrected chi connectivity index (χ1v) is 5.77. The number of pyridine rings is 2. The predicted octanol–water partition coefficient (Wildman–Crippen LogP) is 0.376. The standard InChI is InChI=1S/C12H14N6/c1-3-7-13-9(5-1)11-15-17-12(18-16-11)10-6-2-4-8-14-10/h1-8,11-12,15-18H. The van der Waals surface area contributed by atoms with Gasteiger partial charge < -0.3 is 0 Å². The highest BCUT2D eigenvalue weighted by atomic mass is 15.6. The van der Waals surface area contributed by atoms with Crippen molar-refractivity contribution in [3.8, 4) is 0 Å². The van der Waals surface area contributed by atoms with Crippen molar-refractivity contribution in [3.05, 3.63) is 60.2 Å². The van der Waals surface area contributed by atoms with Crippen LogP contribution in [0.3, 0.4) is 0 Å². The van der Waals surface area contributed by atoms with Gasteiger partial charge in [0.25, 0.3) is 0 Å². The summed E-state index contributed by atoms with van der Waals surface area (Å²) >= 11 is 0. The van der Waals surface area contributed by atoms with Crippen molar-refractivity contribution in [2.24, 2.45) is 0 Å². The summed E-state index contributed by atoms with van der Waals surface area (Å²) in [5.41, 5.74) is 14.5. The molecule has 0 radical (unpaired) electrons. The summed E-state index contributed by atoms with van der Waals surface area (Å²) in [6.45, 7) is 0. The lowest BCUT2D eigenvalue weighted by Gasteiger charge is -2.32. The van der Waals surface area contributed by atoms with Gasteiger partial charge in [0.15, 0.2) is 0 Å². The fourth-order valence-corrected chi connectivity index (χ4v) is 1.79. The second kappa shape index (κ2) is 5.19. The fraction of sp³-hybridized carbons (Fsp3) is 0.167. The van der Waals surface area contributed by atoms with Crippen molar-refractivity contribution in [3.63, 3.8) is 0 Å². The van der Waals surface area contributed by atoms with Crippen molar-refractivity contribution in [2.45, 2.75) is 12.3 Å². The van der Waals surface area contributed by atoms with Crippen molar-refractivity contribution in [2.75, 3.05) is 0 Å². The Bertz CT molecular complexity index is 433. The third-order valence-corrected chi connectivity index (χ3v) is 2.71. The number of rotatable bonds is 2. The van der Waals surface area contributed by atoms with Crippen LogP contribution in [0.5, 0.6) is 0 Å². The molecule has 0 amide bonds. The average molecular weight is 242 g/mol. The topological polar surface area (TPSA) is 73.9 Å². The monoisotopic (exact) mass is 242 g/mol. The second-order valence-corrected chi connectivity index (χ2v) is 3.95. The average Bonchev–Trinajstić information content (AvgIpc) is 2.49. The molecule has 1 aliphatic heterocycles. The fourth-order valence-electron chi connectivity index (χ4n) is 1.79. The SMILES string of the molecule is c1ccc(C2NNC(c3ccccn3)NN2)nc1. The maximum absolute atomic E-state index is 4.28. The molecule has 3 heterocycles. The van der Waals surface area contributed by atoms with Crippen molar-refractivity contribution in [1.82, 2.24) is 31.7 Å². The van der Waals surface area contributed by atoms with Gasteiger partial charge in [0.1, 0.15) is 12.3 Å². The van der Waals surface area contributed by atoms with Gasteiger partial charge in [-0.3, -0.25) is 9.97 Å². The third kappa shape index (κ3) is 2.36. The van der Waals surface area contributed by atoms with E-state index in [1.807, 2.05) is 36.4 Å². The summed E-state index contributed by atoms with van der Waals surface area (Å²) in [6.07, 6.45) is 3.38. The van der Waals surface area contributed by atoms with E-state index in [1.165, 1.54) is 0 Å². The smallest absolute Gasteiger partial charge is 0.126 e. The van der Waals surface area contributed by atoms with E-state index in [2.05, 4.69) is 31.7 Å². The quantitative estimate of drug-likeness (QED) is 0.610. The molecule has 0 saturated carbocycles. The van der Waals surface area contributed by atoms with E-state index in [4.69, 9.17) is 0 Å². The van der Waals surface area contributed by atoms with E-state index in [9.17, 15) is 0 Å². The molecular weight excluding hydrogens is 228 g/mol. The Kier molecular flexibility index (Phi) is 3.24. The molecule has 4 N–H and O–H groups in total. The summed E-state index contributed by atoms with van der Waals surface area (Å²) in [4.78, 5) is 8.56. The Balaban J connectivity index is 1.65. The number of aromatic nitrogens is 2. The molecule has 0 bridgehead atoms. The Hall–Kier alpha value is -1.86. The van der Waals surface area contributed by atoms with Crippen molar-refractivity contribution < 1.29 is 0 Å². The maximum atomic E-state index is 4.28. The molecular formula is C12H14N6. The Morgan fingerprint density at radius 1 is 0.667 bits per heavy atom. The summed E-state index contributed by atoms with van der Waals surface area (Å²) in [7, 11) is 0.